The van der Waals surface area contributed by atoms with Crippen molar-refractivity contribution in [1.29, 1.82) is 0 Å². The Kier molecular flexibility index (Phi) is 13.5. The summed E-state index contributed by atoms with van der Waals surface area (Å²) in [5.41, 5.74) is 6.55. The first-order chi connectivity index (χ1) is 13.5. The number of nitrogen functional groups attached to an aromatic ring is 1. The van der Waals surface area contributed by atoms with E-state index in [-0.39, 0.29) is 6.42 Å². The Morgan fingerprint density at radius 3 is 1.97 bits per heavy atom. The van der Waals surface area contributed by atoms with E-state index in [1.54, 1.807) is 12.1 Å². The van der Waals surface area contributed by atoms with E-state index < -0.39 is 24.0 Å². The van der Waals surface area contributed by atoms with Crippen molar-refractivity contribution in [3.05, 3.63) is 39.9 Å². The van der Waals surface area contributed by atoms with E-state index in [4.69, 9.17) is 44.3 Å². The number of unbranched alkanes of at least 4 members (excludes halogenated alkanes) is 2. The van der Waals surface area contributed by atoms with Gasteiger partial charge in [0.1, 0.15) is 0 Å². The van der Waals surface area contributed by atoms with Crippen LogP contribution < -0.4 is 11.1 Å². The summed E-state index contributed by atoms with van der Waals surface area (Å²) >= 11 is 11.8. The van der Waals surface area contributed by atoms with Crippen LogP contribution in [0.1, 0.15) is 37.4 Å². The Bertz CT molecular complexity index is 687. The van der Waals surface area contributed by atoms with Crippen LogP contribution >= 0.6 is 23.2 Å². The highest BCUT2D eigenvalue weighted by molar-refractivity contribution is 6.38. The zero-order valence-corrected chi connectivity index (χ0v) is 17.0. The smallest absolute Gasteiger partial charge is 0.328 e. The minimum absolute atomic E-state index is 0.199. The van der Waals surface area contributed by atoms with Crippen molar-refractivity contribution in [3.63, 3.8) is 0 Å². The van der Waals surface area contributed by atoms with Crippen molar-refractivity contribution in [1.82, 2.24) is 5.32 Å². The van der Waals surface area contributed by atoms with Gasteiger partial charge in [-0.1, -0.05) is 29.6 Å². The first-order valence-corrected chi connectivity index (χ1v) is 9.29. The summed E-state index contributed by atoms with van der Waals surface area (Å²) in [6.07, 6.45) is 2.97. The number of benzene rings is 1. The van der Waals surface area contributed by atoms with Gasteiger partial charge in [0.25, 0.3) is 0 Å². The number of rotatable bonds is 11. The largest absolute Gasteiger partial charge is 0.481 e. The van der Waals surface area contributed by atoms with Gasteiger partial charge in [-0.15, -0.1) is 0 Å². The van der Waals surface area contributed by atoms with Crippen LogP contribution in [0.5, 0.6) is 0 Å². The fourth-order valence-electron chi connectivity index (χ4n) is 2.00. The Labute approximate surface area is 177 Å². The molecule has 1 atom stereocenters. The van der Waals surface area contributed by atoms with Crippen LogP contribution in [-0.2, 0) is 14.4 Å². The maximum atomic E-state index is 10.3. The van der Waals surface area contributed by atoms with Gasteiger partial charge in [-0.3, -0.25) is 4.79 Å². The van der Waals surface area contributed by atoms with Gasteiger partial charge in [-0.25, -0.2) is 9.59 Å². The highest BCUT2D eigenvalue weighted by Crippen LogP contribution is 2.31. The van der Waals surface area contributed by atoms with Crippen LogP contribution in [-0.4, -0.2) is 51.4 Å². The molecule has 9 nitrogen and oxygen atoms in total. The molecule has 1 aromatic carbocycles. The molecule has 0 aliphatic rings. The monoisotopic (exact) mass is 450 g/mol. The van der Waals surface area contributed by atoms with Crippen molar-refractivity contribution in [2.75, 3.05) is 18.8 Å². The maximum absolute atomic E-state index is 10.3. The molecule has 1 rings (SSSR count). The van der Waals surface area contributed by atoms with Crippen molar-refractivity contribution >= 4 is 46.8 Å². The average Bonchev–Trinajstić information content (AvgIpc) is 2.63. The Hall–Kier alpha value is -2.33. The van der Waals surface area contributed by atoms with Crippen LogP contribution in [0.2, 0.25) is 10.0 Å². The first kappa shape index (κ1) is 26.7. The molecule has 0 heterocycles. The molecule has 1 unspecified atom stereocenters. The number of nitrogens with one attached hydrogen (secondary N) is 1. The molecule has 1 aromatic rings. The van der Waals surface area contributed by atoms with Gasteiger partial charge >= 0.3 is 17.9 Å². The van der Waals surface area contributed by atoms with Crippen LogP contribution in [0.4, 0.5) is 5.69 Å². The van der Waals surface area contributed by atoms with Gasteiger partial charge in [-0.2, -0.15) is 0 Å². The van der Waals surface area contributed by atoms with E-state index in [9.17, 15) is 19.5 Å². The summed E-state index contributed by atoms with van der Waals surface area (Å²) in [4.78, 5) is 29.4. The molecule has 0 aliphatic carbocycles. The van der Waals surface area contributed by atoms with Crippen LogP contribution in [0.3, 0.4) is 0 Å². The molecule has 0 fully saturated rings. The van der Waals surface area contributed by atoms with Crippen LogP contribution in [0, 0.1) is 0 Å². The van der Waals surface area contributed by atoms with Crippen molar-refractivity contribution in [2.24, 2.45) is 0 Å². The van der Waals surface area contributed by atoms with E-state index >= 15 is 0 Å². The third-order valence-corrected chi connectivity index (χ3v) is 4.06. The number of hydrogen-bond acceptors (Lipinski definition) is 6. The highest BCUT2D eigenvalue weighted by Gasteiger charge is 2.11. The van der Waals surface area contributed by atoms with Crippen molar-refractivity contribution < 1.29 is 34.8 Å². The summed E-state index contributed by atoms with van der Waals surface area (Å²) in [5.74, 6) is -3.28. The molecular weight excluding hydrogens is 427 g/mol. The van der Waals surface area contributed by atoms with Crippen LogP contribution in [0.15, 0.2) is 24.3 Å². The van der Waals surface area contributed by atoms with Gasteiger partial charge < -0.3 is 31.5 Å². The standard InChI is InChI=1S/C14H20Cl2N2O3.C4H4O4/c15-10-6-9(7-11(16)14(10)17)12(19)8-18-5-3-1-2-4-13(20)21;5-3(6)1-2-4(7)8/h6-7,12,18-19H,1-5,8,17H2,(H,20,21);1-2H,(H,5,6)(H,7,8). The molecule has 0 bridgehead atoms. The fraction of sp³-hybridized carbons (Fsp3) is 0.389. The fourth-order valence-corrected chi connectivity index (χ4v) is 2.50. The number of anilines is 1. The summed E-state index contributed by atoms with van der Waals surface area (Å²) in [6.45, 7) is 1.09. The maximum Gasteiger partial charge on any atom is 0.328 e. The number of aliphatic hydroxyl groups is 1. The number of carbonyl (C=O) groups is 3. The minimum atomic E-state index is -1.26. The molecule has 0 saturated carbocycles. The predicted molar refractivity (Wildman–Crippen MR) is 109 cm³/mol. The molecule has 7 N–H and O–H groups in total. The number of carboxylic acids is 3. The molecular formula is C18H24Cl2N2O7. The van der Waals surface area contributed by atoms with Gasteiger partial charge in [0, 0.05) is 25.1 Å². The third kappa shape index (κ3) is 13.5. The predicted octanol–water partition coefficient (Wildman–Crippen LogP) is 2.56. The zero-order chi connectivity index (χ0) is 22.4. The number of nitrogens with two attached hydrogens (primary N) is 1. The molecule has 0 saturated heterocycles. The van der Waals surface area contributed by atoms with Crippen molar-refractivity contribution in [2.45, 2.75) is 31.8 Å². The second kappa shape index (κ2) is 14.6. The quantitative estimate of drug-likeness (QED) is 0.168. The molecule has 29 heavy (non-hydrogen) atoms. The first-order valence-electron chi connectivity index (χ1n) is 8.53. The highest BCUT2D eigenvalue weighted by atomic mass is 35.5. The van der Waals surface area contributed by atoms with Gasteiger partial charge in [-0.05, 0) is 37.1 Å². The number of aliphatic carboxylic acids is 3. The van der Waals surface area contributed by atoms with Crippen LogP contribution in [0.25, 0.3) is 0 Å². The SMILES string of the molecule is Nc1c(Cl)cc(C(O)CNCCCCCC(=O)O)cc1Cl.O=C(O)C=CC(=O)O. The number of halogens is 2. The number of aliphatic hydroxyl groups excluding tert-OH is 1. The van der Waals surface area contributed by atoms with E-state index in [0.717, 1.165) is 12.8 Å². The number of hydrogen-bond donors (Lipinski definition) is 6. The van der Waals surface area contributed by atoms with Gasteiger partial charge in [0.2, 0.25) is 0 Å². The average molecular weight is 451 g/mol. The van der Waals surface area contributed by atoms with E-state index in [1.165, 1.54) is 0 Å². The molecule has 162 valence electrons. The van der Waals surface area contributed by atoms with Gasteiger partial charge in [0.05, 0.1) is 21.8 Å². The summed E-state index contributed by atoms with van der Waals surface area (Å²) in [6, 6.07) is 3.20. The van der Waals surface area contributed by atoms with E-state index in [1.807, 2.05) is 0 Å². The van der Waals surface area contributed by atoms with Gasteiger partial charge in [0.15, 0.2) is 0 Å². The minimum Gasteiger partial charge on any atom is -0.481 e. The number of carboxylic acid groups (broad SMARTS) is 3. The molecule has 0 aliphatic heterocycles. The molecule has 0 spiro atoms. The zero-order valence-electron chi connectivity index (χ0n) is 15.5. The summed E-state index contributed by atoms with van der Waals surface area (Å²) in [5, 5.41) is 37.9. The lowest BCUT2D eigenvalue weighted by atomic mass is 10.1. The molecule has 0 radical (unpaired) electrons. The summed E-state index contributed by atoms with van der Waals surface area (Å²) < 4.78 is 0. The lowest BCUT2D eigenvalue weighted by molar-refractivity contribution is -0.137. The molecule has 11 heteroatoms. The summed E-state index contributed by atoms with van der Waals surface area (Å²) in [7, 11) is 0. The lowest BCUT2D eigenvalue weighted by Crippen LogP contribution is -2.22. The topological polar surface area (TPSA) is 170 Å². The second-order valence-electron chi connectivity index (χ2n) is 5.83. The Balaban J connectivity index is 0.000000828. The molecule has 0 aromatic heterocycles. The second-order valence-corrected chi connectivity index (χ2v) is 6.65. The van der Waals surface area contributed by atoms with E-state index in [2.05, 4.69) is 5.32 Å². The normalized spacial score (nSPS) is 11.6. The van der Waals surface area contributed by atoms with Crippen molar-refractivity contribution in [3.8, 4) is 0 Å². The Morgan fingerprint density at radius 2 is 1.52 bits per heavy atom. The Morgan fingerprint density at radius 1 is 1.00 bits per heavy atom. The molecule has 0 amide bonds. The third-order valence-electron chi connectivity index (χ3n) is 3.44. The lowest BCUT2D eigenvalue weighted by Gasteiger charge is -2.14. The van der Waals surface area contributed by atoms with E-state index in [0.29, 0.717) is 53.0 Å².